The van der Waals surface area contributed by atoms with Crippen LogP contribution in [-0.2, 0) is 9.47 Å². The Morgan fingerprint density at radius 1 is 1.00 bits per heavy atom. The van der Waals surface area contributed by atoms with Gasteiger partial charge in [0.1, 0.15) is 18.3 Å². The zero-order chi connectivity index (χ0) is 19.9. The van der Waals surface area contributed by atoms with Crippen molar-refractivity contribution in [3.63, 3.8) is 0 Å². The predicted octanol–water partition coefficient (Wildman–Crippen LogP) is 3.47. The van der Waals surface area contributed by atoms with E-state index in [0.717, 1.165) is 0 Å². The quantitative estimate of drug-likeness (QED) is 0.760. The van der Waals surface area contributed by atoms with E-state index < -0.39 is 29.8 Å². The highest BCUT2D eigenvalue weighted by atomic mass is 16.6. The summed E-state index contributed by atoms with van der Waals surface area (Å²) in [5.41, 5.74) is 0.392. The molecule has 0 spiro atoms. The minimum absolute atomic E-state index is 0.275. The van der Waals surface area contributed by atoms with Crippen molar-refractivity contribution in [3.8, 4) is 0 Å². The summed E-state index contributed by atoms with van der Waals surface area (Å²) in [6.45, 7) is 4.98. The summed E-state index contributed by atoms with van der Waals surface area (Å²) in [7, 11) is 0. The van der Waals surface area contributed by atoms with Crippen LogP contribution < -0.4 is 5.32 Å². The molecule has 144 valence electrons. The number of rotatable bonds is 6. The van der Waals surface area contributed by atoms with Gasteiger partial charge in [-0.15, -0.1) is 0 Å². The highest BCUT2D eigenvalue weighted by molar-refractivity contribution is 5.89. The SMILES string of the molecule is CC(C)(C)OC(=O)NC(c1ccccc1)C(O)COC(=O)c1ccccc1. The highest BCUT2D eigenvalue weighted by Gasteiger charge is 2.27. The minimum Gasteiger partial charge on any atom is -0.459 e. The minimum atomic E-state index is -1.15. The molecule has 2 rings (SSSR count). The summed E-state index contributed by atoms with van der Waals surface area (Å²) in [6, 6.07) is 16.7. The third kappa shape index (κ3) is 6.75. The maximum absolute atomic E-state index is 12.2. The van der Waals surface area contributed by atoms with Crippen LogP contribution in [0.2, 0.25) is 0 Å². The number of benzene rings is 2. The Morgan fingerprint density at radius 3 is 2.11 bits per heavy atom. The molecular weight excluding hydrogens is 346 g/mol. The second-order valence-corrected chi connectivity index (χ2v) is 7.07. The van der Waals surface area contributed by atoms with Crippen molar-refractivity contribution in [2.45, 2.75) is 38.5 Å². The van der Waals surface area contributed by atoms with E-state index in [1.54, 1.807) is 75.4 Å². The van der Waals surface area contributed by atoms with Crippen LogP contribution in [0.5, 0.6) is 0 Å². The zero-order valence-electron chi connectivity index (χ0n) is 15.7. The van der Waals surface area contributed by atoms with Gasteiger partial charge >= 0.3 is 12.1 Å². The third-order valence-electron chi connectivity index (χ3n) is 3.61. The van der Waals surface area contributed by atoms with E-state index >= 15 is 0 Å². The molecule has 0 aliphatic rings. The molecule has 2 atom stereocenters. The van der Waals surface area contributed by atoms with E-state index in [-0.39, 0.29) is 6.61 Å². The molecule has 0 aliphatic carbocycles. The van der Waals surface area contributed by atoms with Gasteiger partial charge in [0.15, 0.2) is 0 Å². The lowest BCUT2D eigenvalue weighted by molar-refractivity contribution is 0.0103. The number of hydrogen-bond donors (Lipinski definition) is 2. The largest absolute Gasteiger partial charge is 0.459 e. The summed E-state index contributed by atoms with van der Waals surface area (Å²) >= 11 is 0. The lowest BCUT2D eigenvalue weighted by atomic mass is 10.0. The van der Waals surface area contributed by atoms with Crippen LogP contribution >= 0.6 is 0 Å². The first-order valence-corrected chi connectivity index (χ1v) is 8.71. The number of amides is 1. The molecule has 2 unspecified atom stereocenters. The number of carbonyl (C=O) groups is 2. The molecule has 6 heteroatoms. The van der Waals surface area contributed by atoms with Crippen LogP contribution in [0.4, 0.5) is 4.79 Å². The Labute approximate surface area is 159 Å². The van der Waals surface area contributed by atoms with Crippen molar-refractivity contribution in [1.82, 2.24) is 5.32 Å². The summed E-state index contributed by atoms with van der Waals surface area (Å²) in [5.74, 6) is -0.543. The lowest BCUT2D eigenvalue weighted by Crippen LogP contribution is -2.41. The summed E-state index contributed by atoms with van der Waals surface area (Å²) in [5, 5.41) is 13.2. The molecule has 0 bridgehead atoms. The average molecular weight is 371 g/mol. The number of aliphatic hydroxyl groups is 1. The molecule has 27 heavy (non-hydrogen) atoms. The van der Waals surface area contributed by atoms with E-state index in [2.05, 4.69) is 5.32 Å². The number of esters is 1. The molecule has 0 radical (unpaired) electrons. The number of aliphatic hydroxyl groups excluding tert-OH is 1. The molecule has 2 aromatic rings. The van der Waals surface area contributed by atoms with Gasteiger partial charge in [0.05, 0.1) is 11.6 Å². The summed E-state index contributed by atoms with van der Waals surface area (Å²) < 4.78 is 10.5. The van der Waals surface area contributed by atoms with Crippen molar-refractivity contribution in [2.75, 3.05) is 6.61 Å². The molecule has 6 nitrogen and oxygen atoms in total. The Morgan fingerprint density at radius 2 is 1.56 bits per heavy atom. The number of ether oxygens (including phenoxy) is 2. The first-order chi connectivity index (χ1) is 12.8. The fraction of sp³-hybridized carbons (Fsp3) is 0.333. The Bertz CT molecular complexity index is 740. The molecule has 2 N–H and O–H groups in total. The normalized spacial score (nSPS) is 13.3. The fourth-order valence-electron chi connectivity index (χ4n) is 2.41. The maximum Gasteiger partial charge on any atom is 0.408 e. The summed E-state index contributed by atoms with van der Waals surface area (Å²) in [6.07, 6.45) is -1.81. The van der Waals surface area contributed by atoms with Gasteiger partial charge in [-0.2, -0.15) is 0 Å². The Hall–Kier alpha value is -2.86. The van der Waals surface area contributed by atoms with E-state index in [4.69, 9.17) is 9.47 Å². The summed E-state index contributed by atoms with van der Waals surface area (Å²) in [4.78, 5) is 24.2. The number of alkyl carbamates (subject to hydrolysis) is 1. The molecular formula is C21H25NO5. The van der Waals surface area contributed by atoms with Gasteiger partial charge in [-0.05, 0) is 38.5 Å². The smallest absolute Gasteiger partial charge is 0.408 e. The van der Waals surface area contributed by atoms with Crippen molar-refractivity contribution < 1.29 is 24.2 Å². The lowest BCUT2D eigenvalue weighted by Gasteiger charge is -2.27. The van der Waals surface area contributed by atoms with Crippen LogP contribution in [0.3, 0.4) is 0 Å². The van der Waals surface area contributed by atoms with Gasteiger partial charge in [0.2, 0.25) is 0 Å². The highest BCUT2D eigenvalue weighted by Crippen LogP contribution is 2.19. The van der Waals surface area contributed by atoms with Crippen LogP contribution in [0, 0.1) is 0 Å². The number of carbonyl (C=O) groups excluding carboxylic acids is 2. The van der Waals surface area contributed by atoms with E-state index in [1.807, 2.05) is 6.07 Å². The average Bonchev–Trinajstić information content (AvgIpc) is 2.64. The predicted molar refractivity (Wildman–Crippen MR) is 101 cm³/mol. The zero-order valence-corrected chi connectivity index (χ0v) is 15.7. The van der Waals surface area contributed by atoms with Gasteiger partial charge < -0.3 is 19.9 Å². The van der Waals surface area contributed by atoms with Crippen molar-refractivity contribution in [2.24, 2.45) is 0 Å². The number of hydrogen-bond acceptors (Lipinski definition) is 5. The standard InChI is InChI=1S/C21H25NO5/c1-21(2,3)27-20(25)22-18(15-10-6-4-7-11-15)17(23)14-26-19(24)16-12-8-5-9-13-16/h4-13,17-18,23H,14H2,1-3H3,(H,22,25). The monoisotopic (exact) mass is 371 g/mol. The fourth-order valence-corrected chi connectivity index (χ4v) is 2.41. The van der Waals surface area contributed by atoms with Gasteiger partial charge in [-0.3, -0.25) is 0 Å². The molecule has 0 saturated carbocycles. The Balaban J connectivity index is 2.06. The molecule has 0 saturated heterocycles. The van der Waals surface area contributed by atoms with Gasteiger partial charge in [0, 0.05) is 0 Å². The molecule has 0 aromatic heterocycles. The molecule has 0 heterocycles. The first kappa shape index (κ1) is 20.5. The van der Waals surface area contributed by atoms with E-state index in [1.165, 1.54) is 0 Å². The maximum atomic E-state index is 12.2. The second-order valence-electron chi connectivity index (χ2n) is 7.07. The molecule has 1 amide bonds. The van der Waals surface area contributed by atoms with E-state index in [9.17, 15) is 14.7 Å². The van der Waals surface area contributed by atoms with Crippen molar-refractivity contribution >= 4 is 12.1 Å². The van der Waals surface area contributed by atoms with E-state index in [0.29, 0.717) is 11.1 Å². The molecule has 0 aliphatic heterocycles. The van der Waals surface area contributed by atoms with Gasteiger partial charge in [-0.1, -0.05) is 48.5 Å². The molecule has 0 fully saturated rings. The topological polar surface area (TPSA) is 84.9 Å². The van der Waals surface area contributed by atoms with Gasteiger partial charge in [-0.25, -0.2) is 9.59 Å². The second kappa shape index (κ2) is 9.19. The van der Waals surface area contributed by atoms with Crippen molar-refractivity contribution in [3.05, 3.63) is 71.8 Å². The first-order valence-electron chi connectivity index (χ1n) is 8.71. The van der Waals surface area contributed by atoms with Crippen molar-refractivity contribution in [1.29, 1.82) is 0 Å². The Kier molecular flexibility index (Phi) is 6.96. The number of nitrogens with one attached hydrogen (secondary N) is 1. The third-order valence-corrected chi connectivity index (χ3v) is 3.61. The van der Waals surface area contributed by atoms with Crippen LogP contribution in [0.25, 0.3) is 0 Å². The van der Waals surface area contributed by atoms with Crippen LogP contribution in [-0.4, -0.2) is 35.5 Å². The van der Waals surface area contributed by atoms with Gasteiger partial charge in [0.25, 0.3) is 0 Å². The molecule has 2 aromatic carbocycles. The van der Waals surface area contributed by atoms with Crippen LogP contribution in [0.1, 0.15) is 42.7 Å². The van der Waals surface area contributed by atoms with Crippen LogP contribution in [0.15, 0.2) is 60.7 Å².